The van der Waals surface area contributed by atoms with Crippen LogP contribution in [0.2, 0.25) is 0 Å². The Morgan fingerprint density at radius 2 is 1.96 bits per heavy atom. The molecule has 0 radical (unpaired) electrons. The number of cyclic esters (lactones) is 1. The van der Waals surface area contributed by atoms with Crippen molar-refractivity contribution < 1.29 is 28.2 Å². The van der Waals surface area contributed by atoms with E-state index in [1.165, 1.54) is 18.3 Å². The number of anilines is 2. The highest BCUT2D eigenvalue weighted by Gasteiger charge is 2.34. The van der Waals surface area contributed by atoms with E-state index in [1.54, 1.807) is 17.0 Å². The molecule has 0 bridgehead atoms. The molecule has 2 aliphatic heterocycles. The van der Waals surface area contributed by atoms with Crippen LogP contribution in [0.5, 0.6) is 0 Å². The van der Waals surface area contributed by atoms with Crippen LogP contribution >= 0.6 is 0 Å². The van der Waals surface area contributed by atoms with Gasteiger partial charge in [0.15, 0.2) is 11.6 Å². The number of aliphatic hydroxyl groups is 1. The first-order chi connectivity index (χ1) is 13.5. The number of amides is 2. The first-order valence-electron chi connectivity index (χ1n) is 8.83. The van der Waals surface area contributed by atoms with Crippen LogP contribution < -0.4 is 9.80 Å². The molecule has 0 spiro atoms. The van der Waals surface area contributed by atoms with Crippen molar-refractivity contribution in [2.75, 3.05) is 29.5 Å². The van der Waals surface area contributed by atoms with Crippen molar-refractivity contribution >= 4 is 23.5 Å². The van der Waals surface area contributed by atoms with Crippen molar-refractivity contribution in [1.29, 1.82) is 0 Å². The van der Waals surface area contributed by atoms with Crippen LogP contribution in [0.25, 0.3) is 11.1 Å². The maximum absolute atomic E-state index is 14.7. The molecule has 146 valence electrons. The maximum atomic E-state index is 14.7. The van der Waals surface area contributed by atoms with Crippen LogP contribution in [-0.2, 0) is 9.53 Å². The smallest absolute Gasteiger partial charge is 0.414 e. The zero-order valence-corrected chi connectivity index (χ0v) is 14.8. The molecule has 0 aliphatic carbocycles. The van der Waals surface area contributed by atoms with Crippen LogP contribution in [0.1, 0.15) is 12.8 Å². The van der Waals surface area contributed by atoms with Gasteiger partial charge in [-0.15, -0.1) is 0 Å². The molecule has 1 N–H and O–H groups in total. The summed E-state index contributed by atoms with van der Waals surface area (Å²) >= 11 is 0. The Bertz CT molecular complexity index is 936. The Morgan fingerprint density at radius 1 is 1.14 bits per heavy atom. The summed E-state index contributed by atoms with van der Waals surface area (Å²) in [5.41, 5.74) is 0.0735. The Balaban J connectivity index is 1.62. The lowest BCUT2D eigenvalue weighted by Crippen LogP contribution is -2.26. The summed E-state index contributed by atoms with van der Waals surface area (Å²) in [4.78, 5) is 30.3. The summed E-state index contributed by atoms with van der Waals surface area (Å²) in [5.74, 6) is -1.85. The fourth-order valence-electron chi connectivity index (χ4n) is 3.38. The SMILES string of the molecule is O=C1CCCN1c1ccc(-c2ccc(N3C[C@H](CO)OC3=O)c(F)c2F)cn1. The molecule has 1 aromatic heterocycles. The van der Waals surface area contributed by atoms with Gasteiger partial charge in [0.05, 0.1) is 18.8 Å². The number of hydrogen-bond acceptors (Lipinski definition) is 5. The number of ether oxygens (including phenoxy) is 1. The lowest BCUT2D eigenvalue weighted by molar-refractivity contribution is -0.117. The van der Waals surface area contributed by atoms with Crippen molar-refractivity contribution in [3.63, 3.8) is 0 Å². The average Bonchev–Trinajstić information content (AvgIpc) is 3.29. The van der Waals surface area contributed by atoms with Gasteiger partial charge in [-0.25, -0.2) is 18.6 Å². The van der Waals surface area contributed by atoms with Crippen molar-refractivity contribution in [3.05, 3.63) is 42.1 Å². The summed E-state index contributed by atoms with van der Waals surface area (Å²) in [6.45, 7) is 0.122. The molecule has 28 heavy (non-hydrogen) atoms. The Hall–Kier alpha value is -3.07. The van der Waals surface area contributed by atoms with E-state index in [4.69, 9.17) is 9.84 Å². The van der Waals surface area contributed by atoms with Crippen LogP contribution in [0.4, 0.5) is 25.1 Å². The van der Waals surface area contributed by atoms with E-state index < -0.39 is 30.4 Å². The lowest BCUT2D eigenvalue weighted by atomic mass is 10.1. The molecule has 2 saturated heterocycles. The fraction of sp³-hybridized carbons (Fsp3) is 0.316. The third-order valence-electron chi connectivity index (χ3n) is 4.84. The predicted molar refractivity (Wildman–Crippen MR) is 95.9 cm³/mol. The Kier molecular flexibility index (Phi) is 4.68. The molecule has 2 amide bonds. The lowest BCUT2D eigenvalue weighted by Gasteiger charge is -2.17. The second kappa shape index (κ2) is 7.16. The first kappa shape index (κ1) is 18.3. The molecular formula is C19H17F2N3O4. The normalized spacial score (nSPS) is 19.5. The van der Waals surface area contributed by atoms with Crippen molar-refractivity contribution in [2.45, 2.75) is 18.9 Å². The summed E-state index contributed by atoms with van der Waals surface area (Å²) in [5, 5.41) is 9.08. The highest BCUT2D eigenvalue weighted by molar-refractivity contribution is 5.94. The van der Waals surface area contributed by atoms with Gasteiger partial charge >= 0.3 is 6.09 Å². The zero-order chi connectivity index (χ0) is 19.8. The third-order valence-corrected chi connectivity index (χ3v) is 4.84. The predicted octanol–water partition coefficient (Wildman–Crippen LogP) is 2.47. The summed E-state index contributed by atoms with van der Waals surface area (Å²) < 4.78 is 34.2. The van der Waals surface area contributed by atoms with Gasteiger partial charge in [0.2, 0.25) is 5.91 Å². The van der Waals surface area contributed by atoms with E-state index in [0.717, 1.165) is 11.3 Å². The summed E-state index contributed by atoms with van der Waals surface area (Å²) in [6.07, 6.45) is 0.997. The molecule has 3 heterocycles. The Labute approximate surface area is 159 Å². The Morgan fingerprint density at radius 3 is 2.57 bits per heavy atom. The molecular weight excluding hydrogens is 372 g/mol. The van der Waals surface area contributed by atoms with Crippen LogP contribution in [0, 0.1) is 11.6 Å². The van der Waals surface area contributed by atoms with Gasteiger partial charge in [-0.1, -0.05) is 0 Å². The minimum Gasteiger partial charge on any atom is -0.441 e. The molecule has 1 aromatic carbocycles. The van der Waals surface area contributed by atoms with Crippen molar-refractivity contribution in [1.82, 2.24) is 4.98 Å². The number of benzene rings is 1. The maximum Gasteiger partial charge on any atom is 0.414 e. The minimum absolute atomic E-state index is 0.0134. The molecule has 1 atom stereocenters. The fourth-order valence-corrected chi connectivity index (χ4v) is 3.38. The van der Waals surface area contributed by atoms with E-state index in [-0.39, 0.29) is 23.7 Å². The number of carbonyl (C=O) groups excluding carboxylic acids is 2. The van der Waals surface area contributed by atoms with E-state index in [2.05, 4.69) is 4.98 Å². The molecule has 2 aliphatic rings. The van der Waals surface area contributed by atoms with Crippen LogP contribution in [0.3, 0.4) is 0 Å². The van der Waals surface area contributed by atoms with Gasteiger partial charge in [-0.3, -0.25) is 14.6 Å². The number of pyridine rings is 1. The minimum atomic E-state index is -1.19. The van der Waals surface area contributed by atoms with Gasteiger partial charge in [0.25, 0.3) is 0 Å². The zero-order valence-electron chi connectivity index (χ0n) is 14.8. The van der Waals surface area contributed by atoms with Gasteiger partial charge in [0, 0.05) is 30.3 Å². The molecule has 2 fully saturated rings. The van der Waals surface area contributed by atoms with Gasteiger partial charge in [0.1, 0.15) is 11.9 Å². The molecule has 0 unspecified atom stereocenters. The number of aliphatic hydroxyl groups excluding tert-OH is 1. The largest absolute Gasteiger partial charge is 0.441 e. The van der Waals surface area contributed by atoms with E-state index >= 15 is 0 Å². The highest BCUT2D eigenvalue weighted by Crippen LogP contribution is 2.33. The van der Waals surface area contributed by atoms with E-state index in [9.17, 15) is 18.4 Å². The van der Waals surface area contributed by atoms with Gasteiger partial charge in [-0.2, -0.15) is 0 Å². The van der Waals surface area contributed by atoms with E-state index in [1.807, 2.05) is 0 Å². The third kappa shape index (κ3) is 3.07. The molecule has 0 saturated carbocycles. The number of hydrogen-bond donors (Lipinski definition) is 1. The van der Waals surface area contributed by atoms with Crippen molar-refractivity contribution in [2.24, 2.45) is 0 Å². The van der Waals surface area contributed by atoms with Gasteiger partial charge in [-0.05, 0) is 30.7 Å². The molecule has 2 aromatic rings. The van der Waals surface area contributed by atoms with Gasteiger partial charge < -0.3 is 9.84 Å². The summed E-state index contributed by atoms with van der Waals surface area (Å²) in [6, 6.07) is 5.79. The standard InChI is InChI=1S/C19H17F2N3O4/c20-17-13(11-3-6-15(22-8-11)23-7-1-2-16(23)26)4-5-14(18(17)21)24-9-12(10-25)28-19(24)27/h3-6,8,12,25H,1-2,7,9-10H2/t12-/m1/s1. The second-order valence-corrected chi connectivity index (χ2v) is 6.61. The number of halogens is 2. The topological polar surface area (TPSA) is 83.0 Å². The number of aromatic nitrogens is 1. The molecule has 9 heteroatoms. The number of rotatable bonds is 4. The van der Waals surface area contributed by atoms with Crippen molar-refractivity contribution in [3.8, 4) is 11.1 Å². The average molecular weight is 389 g/mol. The van der Waals surface area contributed by atoms with Crippen LogP contribution in [-0.4, -0.2) is 47.9 Å². The number of carbonyl (C=O) groups is 2. The second-order valence-electron chi connectivity index (χ2n) is 6.61. The molecule has 4 rings (SSSR count). The molecule has 7 nitrogen and oxygen atoms in total. The van der Waals surface area contributed by atoms with E-state index in [0.29, 0.717) is 24.3 Å². The summed E-state index contributed by atoms with van der Waals surface area (Å²) in [7, 11) is 0. The van der Waals surface area contributed by atoms with Crippen LogP contribution in [0.15, 0.2) is 30.5 Å². The number of nitrogens with zero attached hydrogens (tertiary/aromatic N) is 3. The monoisotopic (exact) mass is 389 g/mol. The first-order valence-corrected chi connectivity index (χ1v) is 8.83. The highest BCUT2D eigenvalue weighted by atomic mass is 19.2. The quantitative estimate of drug-likeness (QED) is 0.869.